The van der Waals surface area contributed by atoms with E-state index in [1.165, 1.54) is 128 Å². The highest BCUT2D eigenvalue weighted by atomic mass is 31.2. The molecule has 362 valence electrons. The van der Waals surface area contributed by atoms with Crippen molar-refractivity contribution in [3.63, 3.8) is 0 Å². The van der Waals surface area contributed by atoms with Crippen LogP contribution in [0.2, 0.25) is 0 Å². The lowest BCUT2D eigenvalue weighted by molar-refractivity contribution is -0.147. The SMILES string of the molecule is CCCCC/C=C\C/C=C\CCCCCCCC(=O)OCC(O)COP(=O)(O)OCC(NC(=O)CCCCCCCCCCCCCCC/C=C/CCCCCCCC)C(=O)O. The molecule has 0 aliphatic rings. The molecule has 0 aromatic heterocycles. The maximum Gasteiger partial charge on any atom is 0.472 e. The predicted octanol–water partition coefficient (Wildman–Crippen LogP) is 13.6. The first-order chi connectivity index (χ1) is 30.1. The number of hydrogen-bond acceptors (Lipinski definition) is 8. The number of phosphoric acid groups is 1. The summed E-state index contributed by atoms with van der Waals surface area (Å²) in [4.78, 5) is 46.1. The van der Waals surface area contributed by atoms with Gasteiger partial charge in [0.2, 0.25) is 5.91 Å². The molecule has 0 aromatic rings. The Balaban J connectivity index is 3.83. The molecule has 4 N–H and O–H groups in total. The fourth-order valence-electron chi connectivity index (χ4n) is 6.99. The van der Waals surface area contributed by atoms with Crippen molar-refractivity contribution in [2.75, 3.05) is 19.8 Å². The zero-order valence-electron chi connectivity index (χ0n) is 39.4. The molecule has 0 aromatic carbocycles. The summed E-state index contributed by atoms with van der Waals surface area (Å²) in [6.07, 6.45) is 50.2. The van der Waals surface area contributed by atoms with Crippen LogP contribution in [-0.4, -0.2) is 64.9 Å². The molecule has 0 saturated heterocycles. The summed E-state index contributed by atoms with van der Waals surface area (Å²) < 4.78 is 26.9. The monoisotopic (exact) mass is 898 g/mol. The lowest BCUT2D eigenvalue weighted by atomic mass is 10.0. The Morgan fingerprint density at radius 2 is 0.887 bits per heavy atom. The van der Waals surface area contributed by atoms with Crippen molar-refractivity contribution >= 4 is 25.7 Å². The molecule has 0 radical (unpaired) electrons. The van der Waals surface area contributed by atoms with Crippen LogP contribution in [0.5, 0.6) is 0 Å². The van der Waals surface area contributed by atoms with E-state index in [2.05, 4.69) is 55.6 Å². The number of carboxylic acids is 1. The standard InChI is InChI=1S/C50H92NO10P/c1-3-5-7-9-11-13-15-17-19-20-21-22-23-24-25-26-28-29-31-33-35-37-39-41-48(53)51-47(50(55)56)45-61-62(57,58)60-44-46(52)43-59-49(54)42-40-38-36-34-32-30-27-18-16-14-12-10-8-6-4-2/h12,14,17-19,27,46-47,52H,3-11,13,15-16,20-26,28-45H2,1-2H3,(H,51,53)(H,55,56)(H,57,58)/b14-12-,19-17+,27-18-. The van der Waals surface area contributed by atoms with Crippen molar-refractivity contribution in [1.29, 1.82) is 0 Å². The summed E-state index contributed by atoms with van der Waals surface area (Å²) in [7, 11) is -4.76. The third kappa shape index (κ3) is 44.3. The number of ether oxygens (including phenoxy) is 1. The van der Waals surface area contributed by atoms with E-state index in [0.717, 1.165) is 64.2 Å². The van der Waals surface area contributed by atoms with Crippen LogP contribution >= 0.6 is 7.82 Å². The first-order valence-corrected chi connectivity index (χ1v) is 26.5. The lowest BCUT2D eigenvalue weighted by Gasteiger charge is -2.18. The van der Waals surface area contributed by atoms with Gasteiger partial charge in [0.15, 0.2) is 6.04 Å². The quantitative estimate of drug-likeness (QED) is 0.0200. The number of carbonyl (C=O) groups is 3. The average molecular weight is 898 g/mol. The molecule has 62 heavy (non-hydrogen) atoms. The summed E-state index contributed by atoms with van der Waals surface area (Å²) in [6, 6.07) is -1.55. The Kier molecular flexibility index (Phi) is 43.6. The summed E-state index contributed by atoms with van der Waals surface area (Å²) in [5.41, 5.74) is 0. The minimum absolute atomic E-state index is 0.146. The van der Waals surface area contributed by atoms with Crippen LogP contribution < -0.4 is 5.32 Å². The third-order valence-electron chi connectivity index (χ3n) is 10.9. The van der Waals surface area contributed by atoms with Gasteiger partial charge in [-0.2, -0.15) is 0 Å². The number of aliphatic hydroxyl groups is 1. The van der Waals surface area contributed by atoms with Gasteiger partial charge in [-0.3, -0.25) is 18.6 Å². The average Bonchev–Trinajstić information content (AvgIpc) is 3.25. The number of rotatable bonds is 47. The molecule has 0 aliphatic carbocycles. The molecular formula is C50H92NO10P. The number of nitrogens with one attached hydrogen (secondary N) is 1. The number of esters is 1. The Morgan fingerprint density at radius 1 is 0.516 bits per heavy atom. The van der Waals surface area contributed by atoms with Gasteiger partial charge in [0.05, 0.1) is 13.2 Å². The molecule has 0 fully saturated rings. The maximum atomic E-state index is 12.4. The second kappa shape index (κ2) is 45.3. The van der Waals surface area contributed by atoms with E-state index in [4.69, 9.17) is 13.8 Å². The lowest BCUT2D eigenvalue weighted by Crippen LogP contribution is -2.43. The molecule has 0 bridgehead atoms. The molecule has 0 heterocycles. The number of aliphatic hydroxyl groups excluding tert-OH is 1. The van der Waals surface area contributed by atoms with E-state index in [1.54, 1.807) is 0 Å². The molecule has 0 rings (SSSR count). The topological polar surface area (TPSA) is 169 Å². The predicted molar refractivity (Wildman–Crippen MR) is 254 cm³/mol. The molecular weight excluding hydrogens is 806 g/mol. The summed E-state index contributed by atoms with van der Waals surface area (Å²) in [5, 5.41) is 21.9. The Bertz CT molecular complexity index is 1190. The largest absolute Gasteiger partial charge is 0.480 e. The van der Waals surface area contributed by atoms with E-state index in [9.17, 15) is 34.1 Å². The van der Waals surface area contributed by atoms with E-state index in [1.807, 2.05) is 0 Å². The Labute approximate surface area is 378 Å². The number of allylic oxidation sites excluding steroid dienone is 6. The highest BCUT2D eigenvalue weighted by Gasteiger charge is 2.28. The molecule has 3 unspecified atom stereocenters. The second-order valence-corrected chi connectivity index (χ2v) is 18.5. The molecule has 11 nitrogen and oxygen atoms in total. The van der Waals surface area contributed by atoms with Crippen molar-refractivity contribution in [3.8, 4) is 0 Å². The van der Waals surface area contributed by atoms with Gasteiger partial charge in [0.1, 0.15) is 12.7 Å². The highest BCUT2D eigenvalue weighted by Crippen LogP contribution is 2.43. The van der Waals surface area contributed by atoms with E-state index < -0.39 is 57.6 Å². The molecule has 12 heteroatoms. The Hall–Kier alpha value is -2.30. The number of amides is 1. The van der Waals surface area contributed by atoms with E-state index in [-0.39, 0.29) is 12.8 Å². The van der Waals surface area contributed by atoms with Gasteiger partial charge in [-0.1, -0.05) is 185 Å². The van der Waals surface area contributed by atoms with Gasteiger partial charge in [0, 0.05) is 12.8 Å². The molecule has 1 amide bonds. The number of hydrogen-bond donors (Lipinski definition) is 4. The number of carboxylic acid groups (broad SMARTS) is 1. The minimum atomic E-state index is -4.76. The first-order valence-electron chi connectivity index (χ1n) is 25.0. The van der Waals surface area contributed by atoms with Crippen molar-refractivity contribution in [2.45, 2.75) is 244 Å². The minimum Gasteiger partial charge on any atom is -0.480 e. The zero-order valence-corrected chi connectivity index (χ0v) is 40.3. The molecule has 0 aliphatic heterocycles. The number of carbonyl (C=O) groups excluding carboxylic acids is 2. The van der Waals surface area contributed by atoms with Crippen molar-refractivity contribution < 1.29 is 47.8 Å². The van der Waals surface area contributed by atoms with Crippen molar-refractivity contribution in [2.24, 2.45) is 0 Å². The van der Waals surface area contributed by atoms with Gasteiger partial charge in [-0.25, -0.2) is 9.36 Å². The first kappa shape index (κ1) is 59.7. The van der Waals surface area contributed by atoms with Crippen LogP contribution in [0.25, 0.3) is 0 Å². The van der Waals surface area contributed by atoms with E-state index >= 15 is 0 Å². The second-order valence-electron chi connectivity index (χ2n) is 17.0. The van der Waals surface area contributed by atoms with Crippen LogP contribution in [0.3, 0.4) is 0 Å². The van der Waals surface area contributed by atoms with Crippen LogP contribution in [-0.2, 0) is 32.7 Å². The number of phosphoric ester groups is 1. The normalized spacial score (nSPS) is 13.9. The smallest absolute Gasteiger partial charge is 0.472 e. The summed E-state index contributed by atoms with van der Waals surface area (Å²) in [5.74, 6) is -2.38. The fraction of sp³-hybridized carbons (Fsp3) is 0.820. The number of aliphatic carboxylic acids is 1. The van der Waals surface area contributed by atoms with Crippen LogP contribution in [0, 0.1) is 0 Å². The number of unbranched alkanes of at least 4 members (excludes halogenated alkanes) is 27. The zero-order chi connectivity index (χ0) is 45.6. The van der Waals surface area contributed by atoms with Gasteiger partial charge in [0.25, 0.3) is 0 Å². The Morgan fingerprint density at radius 3 is 1.35 bits per heavy atom. The van der Waals surface area contributed by atoms with Gasteiger partial charge < -0.3 is 25.2 Å². The van der Waals surface area contributed by atoms with Gasteiger partial charge >= 0.3 is 19.8 Å². The molecule has 3 atom stereocenters. The van der Waals surface area contributed by atoms with Gasteiger partial charge in [-0.15, -0.1) is 0 Å². The summed E-state index contributed by atoms with van der Waals surface area (Å²) >= 11 is 0. The fourth-order valence-corrected chi connectivity index (χ4v) is 7.76. The maximum absolute atomic E-state index is 12.4. The van der Waals surface area contributed by atoms with Crippen LogP contribution in [0.4, 0.5) is 0 Å². The molecule has 0 saturated carbocycles. The van der Waals surface area contributed by atoms with Crippen molar-refractivity contribution in [3.05, 3.63) is 36.5 Å². The van der Waals surface area contributed by atoms with Gasteiger partial charge in [-0.05, 0) is 70.6 Å². The van der Waals surface area contributed by atoms with Crippen molar-refractivity contribution in [1.82, 2.24) is 5.32 Å². The summed E-state index contributed by atoms with van der Waals surface area (Å²) in [6.45, 7) is 2.57. The van der Waals surface area contributed by atoms with Crippen LogP contribution in [0.1, 0.15) is 232 Å². The third-order valence-corrected chi connectivity index (χ3v) is 11.9. The van der Waals surface area contributed by atoms with Crippen LogP contribution in [0.15, 0.2) is 36.5 Å². The molecule has 0 spiro atoms. The van der Waals surface area contributed by atoms with E-state index in [0.29, 0.717) is 12.8 Å². The highest BCUT2D eigenvalue weighted by molar-refractivity contribution is 7.47.